The lowest BCUT2D eigenvalue weighted by molar-refractivity contribution is 0.0210. The topological polar surface area (TPSA) is 70.7 Å². The van der Waals surface area contributed by atoms with Gasteiger partial charge in [-0.2, -0.15) is 5.10 Å². The first-order valence-electron chi connectivity index (χ1n) is 9.38. The van der Waals surface area contributed by atoms with Crippen LogP contribution in [0.5, 0.6) is 0 Å². The van der Waals surface area contributed by atoms with Gasteiger partial charge in [0.1, 0.15) is 0 Å². The lowest BCUT2D eigenvalue weighted by Gasteiger charge is -2.37. The Morgan fingerprint density at radius 3 is 2.80 bits per heavy atom. The first kappa shape index (κ1) is 16.5. The summed E-state index contributed by atoms with van der Waals surface area (Å²) in [5, 5.41) is 14.8. The van der Waals surface area contributed by atoms with E-state index in [9.17, 15) is 9.90 Å². The molecule has 1 saturated heterocycles. The fourth-order valence-electron chi connectivity index (χ4n) is 4.77. The second-order valence-electron chi connectivity index (χ2n) is 7.48. The number of carbonyl (C=O) groups excluding carboxylic acids is 1. The van der Waals surface area contributed by atoms with E-state index in [1.54, 1.807) is 10.7 Å². The molecule has 134 valence electrons. The van der Waals surface area contributed by atoms with Crippen molar-refractivity contribution in [1.29, 1.82) is 0 Å². The van der Waals surface area contributed by atoms with Gasteiger partial charge in [0.15, 0.2) is 5.65 Å². The summed E-state index contributed by atoms with van der Waals surface area (Å²) < 4.78 is 1.74. The number of aromatic nitrogens is 3. The van der Waals surface area contributed by atoms with Crippen LogP contribution in [0.1, 0.15) is 60.3 Å². The van der Waals surface area contributed by atoms with Crippen LogP contribution in [0.3, 0.4) is 0 Å². The van der Waals surface area contributed by atoms with Gasteiger partial charge >= 0.3 is 0 Å². The molecule has 1 aliphatic heterocycles. The molecule has 25 heavy (non-hydrogen) atoms. The fraction of sp³-hybridized carbons (Fsp3) is 0.632. The molecule has 6 heteroatoms. The molecule has 6 nitrogen and oxygen atoms in total. The molecule has 1 saturated carbocycles. The first-order chi connectivity index (χ1) is 12.1. The molecule has 0 bridgehead atoms. The highest BCUT2D eigenvalue weighted by Gasteiger charge is 2.40. The number of carbonyl (C=O) groups is 1. The number of rotatable bonds is 2. The van der Waals surface area contributed by atoms with Crippen LogP contribution in [0.4, 0.5) is 0 Å². The van der Waals surface area contributed by atoms with Crippen LogP contribution in [0, 0.1) is 19.8 Å². The minimum absolute atomic E-state index is 0.0418. The van der Waals surface area contributed by atoms with Crippen molar-refractivity contribution in [2.45, 2.75) is 64.5 Å². The van der Waals surface area contributed by atoms with Crippen LogP contribution in [-0.4, -0.2) is 49.2 Å². The Balaban J connectivity index is 1.68. The zero-order chi connectivity index (χ0) is 17.6. The largest absolute Gasteiger partial charge is 0.393 e. The number of fused-ring (bicyclic) bond motifs is 1. The molecule has 0 radical (unpaired) electrons. The normalized spacial score (nSPS) is 27.2. The minimum atomic E-state index is -0.277. The van der Waals surface area contributed by atoms with E-state index in [4.69, 9.17) is 0 Å². The monoisotopic (exact) mass is 342 g/mol. The van der Waals surface area contributed by atoms with E-state index >= 15 is 0 Å². The molecule has 1 amide bonds. The summed E-state index contributed by atoms with van der Waals surface area (Å²) in [5.74, 6) is 0.252. The van der Waals surface area contributed by atoms with Crippen LogP contribution >= 0.6 is 0 Å². The Bertz CT molecular complexity index is 800. The highest BCUT2D eigenvalue weighted by Crippen LogP contribution is 2.35. The maximum atomic E-state index is 13.4. The van der Waals surface area contributed by atoms with E-state index in [2.05, 4.69) is 10.1 Å². The number of aryl methyl sites for hydroxylation is 2. The third-order valence-electron chi connectivity index (χ3n) is 6.00. The third kappa shape index (κ3) is 2.72. The van der Waals surface area contributed by atoms with Gasteiger partial charge in [-0.05, 0) is 39.5 Å². The lowest BCUT2D eigenvalue weighted by Crippen LogP contribution is -2.45. The van der Waals surface area contributed by atoms with Gasteiger partial charge in [-0.25, -0.2) is 9.50 Å². The predicted molar refractivity (Wildman–Crippen MR) is 94.5 cm³/mol. The molecule has 2 aromatic heterocycles. The van der Waals surface area contributed by atoms with Crippen molar-refractivity contribution in [3.63, 3.8) is 0 Å². The van der Waals surface area contributed by atoms with Crippen molar-refractivity contribution in [2.24, 2.45) is 5.92 Å². The zero-order valence-electron chi connectivity index (χ0n) is 15.0. The summed E-state index contributed by atoms with van der Waals surface area (Å²) in [6.07, 6.45) is 7.56. The molecule has 1 N–H and O–H groups in total. The standard InChI is InChI=1S/C19H26N4O2/c1-12-18(13(2)23-17(21-12)9-10-20-23)19(25)22-11-5-7-15(22)14-6-3-4-8-16(14)24/h9-10,14-16,24H,3-8,11H2,1-2H3. The van der Waals surface area contributed by atoms with Crippen molar-refractivity contribution in [1.82, 2.24) is 19.5 Å². The molecule has 3 atom stereocenters. The predicted octanol–water partition coefficient (Wildman–Crippen LogP) is 2.50. The summed E-state index contributed by atoms with van der Waals surface area (Å²) in [6, 6.07) is 2.00. The van der Waals surface area contributed by atoms with E-state index < -0.39 is 0 Å². The number of aliphatic hydroxyl groups excluding tert-OH is 1. The average Bonchev–Trinajstić information content (AvgIpc) is 3.24. The Morgan fingerprint density at radius 1 is 1.20 bits per heavy atom. The molecule has 4 rings (SSSR count). The summed E-state index contributed by atoms with van der Waals surface area (Å²) in [5.41, 5.74) is 3.03. The third-order valence-corrected chi connectivity index (χ3v) is 6.00. The maximum absolute atomic E-state index is 13.4. The molecule has 3 unspecified atom stereocenters. The van der Waals surface area contributed by atoms with Gasteiger partial charge < -0.3 is 10.0 Å². The highest BCUT2D eigenvalue weighted by atomic mass is 16.3. The van der Waals surface area contributed by atoms with E-state index in [1.807, 2.05) is 24.8 Å². The first-order valence-corrected chi connectivity index (χ1v) is 9.38. The maximum Gasteiger partial charge on any atom is 0.257 e. The Kier molecular flexibility index (Phi) is 4.23. The molecular formula is C19H26N4O2. The summed E-state index contributed by atoms with van der Waals surface area (Å²) >= 11 is 0. The SMILES string of the molecule is Cc1nc2ccnn2c(C)c1C(=O)N1CCCC1C1CCCCC1O. The number of hydrogen-bond acceptors (Lipinski definition) is 4. The van der Waals surface area contributed by atoms with E-state index in [0.717, 1.165) is 62.1 Å². The molecule has 2 fully saturated rings. The molecular weight excluding hydrogens is 316 g/mol. The summed E-state index contributed by atoms with van der Waals surface area (Å²) in [7, 11) is 0. The molecule has 3 heterocycles. The van der Waals surface area contributed by atoms with Gasteiger partial charge in [0, 0.05) is 24.6 Å². The van der Waals surface area contributed by atoms with E-state index in [1.165, 1.54) is 0 Å². The van der Waals surface area contributed by atoms with Gasteiger partial charge in [-0.3, -0.25) is 4.79 Å². The number of likely N-dealkylation sites (tertiary alicyclic amines) is 1. The van der Waals surface area contributed by atoms with Crippen molar-refractivity contribution in [3.8, 4) is 0 Å². The number of aliphatic hydroxyl groups is 1. The lowest BCUT2D eigenvalue weighted by atomic mass is 9.80. The molecule has 2 aromatic rings. The van der Waals surface area contributed by atoms with Crippen molar-refractivity contribution in [2.75, 3.05) is 6.54 Å². The molecule has 2 aliphatic rings. The van der Waals surface area contributed by atoms with Gasteiger partial charge in [0.25, 0.3) is 5.91 Å². The van der Waals surface area contributed by atoms with Crippen LogP contribution < -0.4 is 0 Å². The van der Waals surface area contributed by atoms with Gasteiger partial charge in [0.05, 0.1) is 29.3 Å². The van der Waals surface area contributed by atoms with E-state index in [-0.39, 0.29) is 24.0 Å². The zero-order valence-corrected chi connectivity index (χ0v) is 15.0. The minimum Gasteiger partial charge on any atom is -0.393 e. The van der Waals surface area contributed by atoms with Crippen LogP contribution in [0.2, 0.25) is 0 Å². The second kappa shape index (κ2) is 6.41. The van der Waals surface area contributed by atoms with Gasteiger partial charge in [-0.15, -0.1) is 0 Å². The Labute approximate surface area is 147 Å². The van der Waals surface area contributed by atoms with E-state index in [0.29, 0.717) is 5.56 Å². The highest BCUT2D eigenvalue weighted by molar-refractivity contribution is 5.97. The number of amides is 1. The van der Waals surface area contributed by atoms with Gasteiger partial charge in [-0.1, -0.05) is 12.8 Å². The van der Waals surface area contributed by atoms with Crippen LogP contribution in [-0.2, 0) is 0 Å². The van der Waals surface area contributed by atoms with Crippen LogP contribution in [0.25, 0.3) is 5.65 Å². The van der Waals surface area contributed by atoms with Gasteiger partial charge in [0.2, 0.25) is 0 Å². The number of nitrogens with zero attached hydrogens (tertiary/aromatic N) is 4. The quantitative estimate of drug-likeness (QED) is 0.910. The molecule has 0 aromatic carbocycles. The van der Waals surface area contributed by atoms with Crippen molar-refractivity contribution < 1.29 is 9.90 Å². The Hall–Kier alpha value is -1.95. The molecule has 0 spiro atoms. The fourth-order valence-corrected chi connectivity index (χ4v) is 4.77. The molecule has 1 aliphatic carbocycles. The summed E-state index contributed by atoms with van der Waals surface area (Å²) in [4.78, 5) is 19.9. The average molecular weight is 342 g/mol. The van der Waals surface area contributed by atoms with Crippen molar-refractivity contribution in [3.05, 3.63) is 29.2 Å². The number of hydrogen-bond donors (Lipinski definition) is 1. The Morgan fingerprint density at radius 2 is 2.00 bits per heavy atom. The smallest absolute Gasteiger partial charge is 0.257 e. The van der Waals surface area contributed by atoms with Crippen molar-refractivity contribution >= 4 is 11.6 Å². The second-order valence-corrected chi connectivity index (χ2v) is 7.48. The summed E-state index contributed by atoms with van der Waals surface area (Å²) in [6.45, 7) is 4.60. The van der Waals surface area contributed by atoms with Crippen LogP contribution in [0.15, 0.2) is 12.3 Å².